The first-order valence-corrected chi connectivity index (χ1v) is 8.80. The Morgan fingerprint density at radius 2 is 1.78 bits per heavy atom. The number of carbonyl (C=O) groups excluding carboxylic acids is 2. The van der Waals surface area contributed by atoms with Crippen molar-refractivity contribution in [1.29, 1.82) is 0 Å². The van der Waals surface area contributed by atoms with Crippen molar-refractivity contribution >= 4 is 23.3 Å². The smallest absolute Gasteiger partial charge is 0.307 e. The number of carbonyl (C=O) groups is 3. The summed E-state index contributed by atoms with van der Waals surface area (Å²) in [6.45, 7) is 0. The molecule has 1 amide bonds. The van der Waals surface area contributed by atoms with Gasteiger partial charge in [-0.25, -0.2) is 4.98 Å². The van der Waals surface area contributed by atoms with E-state index in [4.69, 9.17) is 0 Å². The lowest BCUT2D eigenvalue weighted by atomic mass is 9.82. The molecule has 2 aromatic rings. The summed E-state index contributed by atoms with van der Waals surface area (Å²) in [4.78, 5) is 40.7. The maximum Gasteiger partial charge on any atom is 0.307 e. The molecule has 2 aliphatic carbocycles. The van der Waals surface area contributed by atoms with Crippen LogP contribution in [0.4, 0.5) is 5.69 Å². The number of imidazole rings is 1. The summed E-state index contributed by atoms with van der Waals surface area (Å²) in [5.74, 6) is -2.42. The van der Waals surface area contributed by atoms with E-state index in [-0.39, 0.29) is 23.5 Å². The molecule has 0 radical (unpaired) electrons. The van der Waals surface area contributed by atoms with Gasteiger partial charge in [0.15, 0.2) is 5.82 Å². The largest absolute Gasteiger partial charge is 0.481 e. The molecule has 1 fully saturated rings. The Bertz CT molecular complexity index is 944. The number of amides is 1. The predicted molar refractivity (Wildman–Crippen MR) is 97.1 cm³/mol. The van der Waals surface area contributed by atoms with Gasteiger partial charge in [-0.05, 0) is 42.5 Å². The van der Waals surface area contributed by atoms with Gasteiger partial charge in [-0.15, -0.1) is 0 Å². The highest BCUT2D eigenvalue weighted by Gasteiger charge is 2.51. The molecule has 7 heteroatoms. The zero-order valence-electron chi connectivity index (χ0n) is 14.7. The molecule has 4 atom stereocenters. The van der Waals surface area contributed by atoms with Crippen molar-refractivity contribution in [3.8, 4) is 0 Å². The van der Waals surface area contributed by atoms with Gasteiger partial charge in [0, 0.05) is 30.7 Å². The van der Waals surface area contributed by atoms with Crippen molar-refractivity contribution in [1.82, 2.24) is 9.55 Å². The molecule has 0 saturated heterocycles. The summed E-state index contributed by atoms with van der Waals surface area (Å²) >= 11 is 0. The molecule has 0 spiro atoms. The molecule has 1 heterocycles. The number of nitrogens with one attached hydrogen (secondary N) is 1. The number of benzene rings is 1. The molecule has 1 aromatic heterocycles. The number of rotatable bonds is 5. The van der Waals surface area contributed by atoms with Gasteiger partial charge in [0.1, 0.15) is 0 Å². The first kappa shape index (κ1) is 17.2. The van der Waals surface area contributed by atoms with Gasteiger partial charge >= 0.3 is 5.97 Å². The van der Waals surface area contributed by atoms with Gasteiger partial charge in [-0.3, -0.25) is 14.4 Å². The van der Waals surface area contributed by atoms with E-state index < -0.39 is 17.8 Å². The Kier molecular flexibility index (Phi) is 4.14. The lowest BCUT2D eigenvalue weighted by Gasteiger charge is -2.23. The molecule has 138 valence electrons. The molecule has 0 unspecified atom stereocenters. The molecule has 4 rings (SSSR count). The van der Waals surface area contributed by atoms with E-state index in [1.165, 1.54) is 0 Å². The van der Waals surface area contributed by atoms with Crippen LogP contribution in [0.3, 0.4) is 0 Å². The Balaban J connectivity index is 1.48. The Morgan fingerprint density at radius 1 is 1.11 bits per heavy atom. The predicted octanol–water partition coefficient (Wildman–Crippen LogP) is 2.11. The van der Waals surface area contributed by atoms with E-state index in [0.717, 1.165) is 0 Å². The Hall–Kier alpha value is -3.22. The fourth-order valence-corrected chi connectivity index (χ4v) is 4.16. The number of fused-ring (bicyclic) bond motifs is 2. The van der Waals surface area contributed by atoms with E-state index in [1.807, 2.05) is 12.2 Å². The zero-order chi connectivity index (χ0) is 19.1. The van der Waals surface area contributed by atoms with Gasteiger partial charge in [0.25, 0.3) is 0 Å². The second kappa shape index (κ2) is 6.50. The highest BCUT2D eigenvalue weighted by Crippen LogP contribution is 2.48. The summed E-state index contributed by atoms with van der Waals surface area (Å²) in [6, 6.07) is 6.55. The maximum atomic E-state index is 12.7. The third kappa shape index (κ3) is 2.95. The number of aromatic nitrogens is 2. The van der Waals surface area contributed by atoms with Gasteiger partial charge < -0.3 is 15.0 Å². The summed E-state index contributed by atoms with van der Waals surface area (Å²) in [5.41, 5.74) is 1.00. The third-order valence-corrected chi connectivity index (χ3v) is 5.49. The van der Waals surface area contributed by atoms with Crippen LogP contribution in [0.2, 0.25) is 0 Å². The van der Waals surface area contributed by atoms with E-state index in [1.54, 1.807) is 48.3 Å². The molecule has 2 aliphatic rings. The molecule has 0 aliphatic heterocycles. The van der Waals surface area contributed by atoms with Crippen LogP contribution < -0.4 is 5.32 Å². The number of nitrogens with zero attached hydrogens (tertiary/aromatic N) is 2. The van der Waals surface area contributed by atoms with Crippen molar-refractivity contribution in [3.05, 3.63) is 60.2 Å². The number of carboxylic acid groups (broad SMARTS) is 1. The van der Waals surface area contributed by atoms with Gasteiger partial charge in [0.2, 0.25) is 11.7 Å². The number of carboxylic acids is 1. The minimum absolute atomic E-state index is 0.0274. The van der Waals surface area contributed by atoms with Gasteiger partial charge in [-0.1, -0.05) is 12.2 Å². The van der Waals surface area contributed by atoms with Crippen LogP contribution in [0.1, 0.15) is 22.6 Å². The zero-order valence-corrected chi connectivity index (χ0v) is 14.7. The van der Waals surface area contributed by atoms with Crippen LogP contribution in [0, 0.1) is 23.7 Å². The first-order chi connectivity index (χ1) is 13.0. The molecule has 2 bridgehead atoms. The van der Waals surface area contributed by atoms with Crippen molar-refractivity contribution in [2.24, 2.45) is 30.7 Å². The van der Waals surface area contributed by atoms with E-state index in [9.17, 15) is 19.5 Å². The van der Waals surface area contributed by atoms with Crippen LogP contribution in [0.25, 0.3) is 0 Å². The quantitative estimate of drug-likeness (QED) is 0.624. The average Bonchev–Trinajstić information content (AvgIpc) is 3.37. The maximum absolute atomic E-state index is 12.7. The molecule has 1 aromatic carbocycles. The monoisotopic (exact) mass is 365 g/mol. The second-order valence-electron chi connectivity index (χ2n) is 7.10. The number of aryl methyl sites for hydroxylation is 1. The Labute approximate surface area is 155 Å². The summed E-state index contributed by atoms with van der Waals surface area (Å²) < 4.78 is 1.65. The van der Waals surface area contributed by atoms with Crippen LogP contribution in [0.15, 0.2) is 48.8 Å². The van der Waals surface area contributed by atoms with Gasteiger partial charge in [-0.2, -0.15) is 0 Å². The number of ketones is 1. The summed E-state index contributed by atoms with van der Waals surface area (Å²) in [6.07, 6.45) is 7.83. The fraction of sp³-hybridized carbons (Fsp3) is 0.300. The molecule has 27 heavy (non-hydrogen) atoms. The van der Waals surface area contributed by atoms with Crippen molar-refractivity contribution in [2.45, 2.75) is 6.42 Å². The number of hydrogen-bond donors (Lipinski definition) is 2. The lowest BCUT2D eigenvalue weighted by Crippen LogP contribution is -2.36. The van der Waals surface area contributed by atoms with E-state index >= 15 is 0 Å². The molecule has 7 nitrogen and oxygen atoms in total. The van der Waals surface area contributed by atoms with Crippen LogP contribution in [-0.2, 0) is 16.6 Å². The highest BCUT2D eigenvalue weighted by molar-refractivity contribution is 6.07. The van der Waals surface area contributed by atoms with Crippen molar-refractivity contribution in [3.63, 3.8) is 0 Å². The molecular formula is C20H19N3O4. The van der Waals surface area contributed by atoms with Crippen molar-refractivity contribution in [2.75, 3.05) is 5.32 Å². The normalized spacial score (nSPS) is 25.5. The standard InChI is InChI=1S/C20H19N3O4/c1-23-9-8-21-18(23)17(24)11-4-6-14(7-5-11)22-19(25)15-12-2-3-13(10-12)16(15)20(26)27/h2-9,12-13,15-16H,10H2,1H3,(H,22,25)(H,26,27)/t12-,13-,15+,16-/m0/s1. The molecule has 1 saturated carbocycles. The van der Waals surface area contributed by atoms with Crippen LogP contribution >= 0.6 is 0 Å². The number of anilines is 1. The average molecular weight is 365 g/mol. The molecular weight excluding hydrogens is 346 g/mol. The topological polar surface area (TPSA) is 101 Å². The number of hydrogen-bond acceptors (Lipinski definition) is 4. The third-order valence-electron chi connectivity index (χ3n) is 5.49. The molecule has 2 N–H and O–H groups in total. The fourth-order valence-electron chi connectivity index (χ4n) is 4.16. The first-order valence-electron chi connectivity index (χ1n) is 8.80. The summed E-state index contributed by atoms with van der Waals surface area (Å²) in [5, 5.41) is 12.3. The SMILES string of the molecule is Cn1ccnc1C(=O)c1ccc(NC(=O)[C@H]2[C@@H](C(=O)O)[C@H]3C=C[C@H]2C3)cc1. The van der Waals surface area contributed by atoms with Crippen LogP contribution in [-0.4, -0.2) is 32.3 Å². The minimum Gasteiger partial charge on any atom is -0.481 e. The van der Waals surface area contributed by atoms with Crippen molar-refractivity contribution < 1.29 is 19.5 Å². The van der Waals surface area contributed by atoms with Gasteiger partial charge in [0.05, 0.1) is 11.8 Å². The Morgan fingerprint density at radius 3 is 2.37 bits per heavy atom. The number of aliphatic carboxylic acids is 1. The summed E-state index contributed by atoms with van der Waals surface area (Å²) in [7, 11) is 1.75. The van der Waals surface area contributed by atoms with Crippen LogP contribution in [0.5, 0.6) is 0 Å². The minimum atomic E-state index is -0.928. The van der Waals surface area contributed by atoms with E-state index in [2.05, 4.69) is 10.3 Å². The lowest BCUT2D eigenvalue weighted by molar-refractivity contribution is -0.146. The second-order valence-corrected chi connectivity index (χ2v) is 7.10. The number of allylic oxidation sites excluding steroid dienone is 2. The highest BCUT2D eigenvalue weighted by atomic mass is 16.4. The van der Waals surface area contributed by atoms with E-state index in [0.29, 0.717) is 23.5 Å².